The Morgan fingerprint density at radius 3 is 2.67 bits per heavy atom. The Bertz CT molecular complexity index is 331. The minimum atomic E-state index is 0.815. The van der Waals surface area contributed by atoms with E-state index < -0.39 is 0 Å². The van der Waals surface area contributed by atoms with E-state index in [0.29, 0.717) is 0 Å². The van der Waals surface area contributed by atoms with Crippen LogP contribution >= 0.6 is 0 Å². The Morgan fingerprint density at radius 1 is 1.17 bits per heavy atom. The summed E-state index contributed by atoms with van der Waals surface area (Å²) < 4.78 is 10.3. The van der Waals surface area contributed by atoms with Gasteiger partial charge in [-0.3, -0.25) is 0 Å². The van der Waals surface area contributed by atoms with Gasteiger partial charge in [0.1, 0.15) is 5.75 Å². The molecule has 0 aromatic heterocycles. The summed E-state index contributed by atoms with van der Waals surface area (Å²) in [6.45, 7) is 3.72. The number of ether oxygens (including phenoxy) is 2. The predicted molar refractivity (Wildman–Crippen MR) is 75.6 cm³/mol. The highest BCUT2D eigenvalue weighted by Crippen LogP contribution is 2.25. The molecule has 0 bridgehead atoms. The first-order valence-corrected chi connectivity index (χ1v) is 6.33. The number of nitrogens with one attached hydrogen (secondary N) is 1. The van der Waals surface area contributed by atoms with E-state index in [4.69, 9.17) is 9.47 Å². The fourth-order valence-corrected chi connectivity index (χ4v) is 1.78. The largest absolute Gasteiger partial charge is 0.495 e. The van der Waals surface area contributed by atoms with Crippen LogP contribution in [0.15, 0.2) is 24.3 Å². The summed E-state index contributed by atoms with van der Waals surface area (Å²) in [7, 11) is 5.51. The topological polar surface area (TPSA) is 33.7 Å². The van der Waals surface area contributed by atoms with Gasteiger partial charge >= 0.3 is 0 Å². The molecule has 1 aromatic carbocycles. The Balaban J connectivity index is 2.29. The Hall–Kier alpha value is -1.26. The zero-order valence-corrected chi connectivity index (χ0v) is 11.6. The highest BCUT2D eigenvalue weighted by molar-refractivity contribution is 5.57. The summed E-state index contributed by atoms with van der Waals surface area (Å²) in [4.78, 5) is 2.20. The van der Waals surface area contributed by atoms with Gasteiger partial charge < -0.3 is 19.7 Å². The lowest BCUT2D eigenvalue weighted by Gasteiger charge is -2.21. The molecule has 0 amide bonds. The number of anilines is 1. The molecule has 0 fully saturated rings. The number of benzene rings is 1. The van der Waals surface area contributed by atoms with Crippen LogP contribution < -0.4 is 15.0 Å². The van der Waals surface area contributed by atoms with E-state index in [0.717, 1.165) is 44.1 Å². The van der Waals surface area contributed by atoms with Crippen LogP contribution in [0.4, 0.5) is 5.69 Å². The van der Waals surface area contributed by atoms with Crippen molar-refractivity contribution in [1.29, 1.82) is 0 Å². The molecule has 0 aliphatic rings. The molecule has 0 saturated carbocycles. The highest BCUT2D eigenvalue weighted by Gasteiger charge is 2.06. The van der Waals surface area contributed by atoms with E-state index in [1.807, 2.05) is 18.2 Å². The minimum Gasteiger partial charge on any atom is -0.495 e. The van der Waals surface area contributed by atoms with Crippen molar-refractivity contribution >= 4 is 5.69 Å². The van der Waals surface area contributed by atoms with Crippen molar-refractivity contribution in [1.82, 2.24) is 5.32 Å². The monoisotopic (exact) mass is 252 g/mol. The van der Waals surface area contributed by atoms with Crippen LogP contribution in [0, 0.1) is 0 Å². The van der Waals surface area contributed by atoms with Crippen LogP contribution in [-0.2, 0) is 4.74 Å². The summed E-state index contributed by atoms with van der Waals surface area (Å²) in [6, 6.07) is 8.07. The second kappa shape index (κ2) is 8.78. The van der Waals surface area contributed by atoms with E-state index in [1.165, 1.54) is 0 Å². The molecule has 0 unspecified atom stereocenters. The Labute approximate surface area is 110 Å². The van der Waals surface area contributed by atoms with Crippen molar-refractivity contribution in [3.63, 3.8) is 0 Å². The third-order valence-corrected chi connectivity index (χ3v) is 2.82. The summed E-state index contributed by atoms with van der Waals surface area (Å²) >= 11 is 0. The Morgan fingerprint density at radius 2 is 1.94 bits per heavy atom. The molecular weight excluding hydrogens is 228 g/mol. The third kappa shape index (κ3) is 4.94. The van der Waals surface area contributed by atoms with Crippen molar-refractivity contribution in [2.24, 2.45) is 0 Å². The zero-order chi connectivity index (χ0) is 13.2. The van der Waals surface area contributed by atoms with Gasteiger partial charge in [0.2, 0.25) is 0 Å². The maximum absolute atomic E-state index is 5.35. The molecule has 0 atom stereocenters. The molecule has 0 spiro atoms. The quantitative estimate of drug-likeness (QED) is 0.679. The maximum atomic E-state index is 5.35. The predicted octanol–water partition coefficient (Wildman–Crippen LogP) is 1.76. The molecule has 4 nitrogen and oxygen atoms in total. The first-order valence-electron chi connectivity index (χ1n) is 6.33. The number of hydrogen-bond donors (Lipinski definition) is 1. The van der Waals surface area contributed by atoms with Gasteiger partial charge in [-0.2, -0.15) is 0 Å². The molecule has 1 rings (SSSR count). The zero-order valence-electron chi connectivity index (χ0n) is 11.6. The van der Waals surface area contributed by atoms with Crippen LogP contribution in [0.1, 0.15) is 6.42 Å². The fraction of sp³-hybridized carbons (Fsp3) is 0.571. The summed E-state index contributed by atoms with van der Waals surface area (Å²) in [5.74, 6) is 0.916. The van der Waals surface area contributed by atoms with E-state index in [1.54, 1.807) is 14.2 Å². The first-order chi connectivity index (χ1) is 8.79. The van der Waals surface area contributed by atoms with Crippen LogP contribution in [-0.4, -0.2) is 47.5 Å². The van der Waals surface area contributed by atoms with Gasteiger partial charge in [0.25, 0.3) is 0 Å². The molecule has 0 aliphatic heterocycles. The lowest BCUT2D eigenvalue weighted by atomic mass is 10.2. The standard InChI is InChI=1S/C14H24N2O2/c1-16(11-10-15-9-6-12-17-2)13-7-4-5-8-14(13)18-3/h4-5,7-8,15H,6,9-12H2,1-3H3. The molecule has 0 radical (unpaired) electrons. The summed E-state index contributed by atoms with van der Waals surface area (Å²) in [5, 5.41) is 3.40. The number of likely N-dealkylation sites (N-methyl/N-ethyl adjacent to an activating group) is 1. The van der Waals surface area contributed by atoms with Crippen LogP contribution in [0.25, 0.3) is 0 Å². The van der Waals surface area contributed by atoms with Crippen molar-refractivity contribution < 1.29 is 9.47 Å². The van der Waals surface area contributed by atoms with E-state index >= 15 is 0 Å². The van der Waals surface area contributed by atoms with Crippen molar-refractivity contribution in [2.75, 3.05) is 52.4 Å². The maximum Gasteiger partial charge on any atom is 0.142 e. The minimum absolute atomic E-state index is 0.815. The molecule has 4 heteroatoms. The number of para-hydroxylation sites is 2. The average Bonchev–Trinajstić information content (AvgIpc) is 2.42. The molecular formula is C14H24N2O2. The number of methoxy groups -OCH3 is 2. The van der Waals surface area contributed by atoms with Crippen molar-refractivity contribution in [2.45, 2.75) is 6.42 Å². The van der Waals surface area contributed by atoms with Gasteiger partial charge in [-0.05, 0) is 25.1 Å². The number of nitrogens with zero attached hydrogens (tertiary/aromatic N) is 1. The molecule has 0 aliphatic carbocycles. The van der Waals surface area contributed by atoms with Crippen molar-refractivity contribution in [3.8, 4) is 5.75 Å². The molecule has 18 heavy (non-hydrogen) atoms. The smallest absolute Gasteiger partial charge is 0.142 e. The number of rotatable bonds is 9. The van der Waals surface area contributed by atoms with E-state index in [-0.39, 0.29) is 0 Å². The summed E-state index contributed by atoms with van der Waals surface area (Å²) in [6.07, 6.45) is 1.05. The average molecular weight is 252 g/mol. The lowest BCUT2D eigenvalue weighted by Crippen LogP contribution is -2.30. The van der Waals surface area contributed by atoms with Crippen LogP contribution in [0.5, 0.6) is 5.75 Å². The fourth-order valence-electron chi connectivity index (χ4n) is 1.78. The van der Waals surface area contributed by atoms with Gasteiger partial charge in [-0.15, -0.1) is 0 Å². The van der Waals surface area contributed by atoms with Gasteiger partial charge in [-0.1, -0.05) is 12.1 Å². The van der Waals surface area contributed by atoms with E-state index in [2.05, 4.69) is 23.3 Å². The van der Waals surface area contributed by atoms with Crippen molar-refractivity contribution in [3.05, 3.63) is 24.3 Å². The van der Waals surface area contributed by atoms with Gasteiger partial charge in [0, 0.05) is 33.9 Å². The normalized spacial score (nSPS) is 10.4. The van der Waals surface area contributed by atoms with Gasteiger partial charge in [0.05, 0.1) is 12.8 Å². The first kappa shape index (κ1) is 14.8. The van der Waals surface area contributed by atoms with Gasteiger partial charge in [0.15, 0.2) is 0 Å². The molecule has 1 N–H and O–H groups in total. The lowest BCUT2D eigenvalue weighted by molar-refractivity contribution is 0.194. The molecule has 1 aromatic rings. The highest BCUT2D eigenvalue weighted by atomic mass is 16.5. The summed E-state index contributed by atoms with van der Waals surface area (Å²) in [5.41, 5.74) is 1.12. The second-order valence-electron chi connectivity index (χ2n) is 4.19. The molecule has 0 heterocycles. The Kier molecular flexibility index (Phi) is 7.22. The molecule has 0 saturated heterocycles. The second-order valence-corrected chi connectivity index (χ2v) is 4.19. The van der Waals surface area contributed by atoms with E-state index in [9.17, 15) is 0 Å². The SMILES string of the molecule is COCCCNCCN(C)c1ccccc1OC. The number of hydrogen-bond acceptors (Lipinski definition) is 4. The third-order valence-electron chi connectivity index (χ3n) is 2.82. The molecule has 102 valence electrons. The van der Waals surface area contributed by atoms with Crippen LogP contribution in [0.2, 0.25) is 0 Å². The van der Waals surface area contributed by atoms with Gasteiger partial charge in [-0.25, -0.2) is 0 Å². The van der Waals surface area contributed by atoms with Crippen LogP contribution in [0.3, 0.4) is 0 Å².